The first-order chi connectivity index (χ1) is 5.27. The molecule has 3 heteroatoms. The Morgan fingerprint density at radius 2 is 1.91 bits per heavy atom. The zero-order valence-electron chi connectivity index (χ0n) is 5.78. The van der Waals surface area contributed by atoms with E-state index in [9.17, 15) is 4.39 Å². The molecule has 1 rings (SSSR count). The van der Waals surface area contributed by atoms with Crippen LogP contribution in [0.2, 0.25) is 0 Å². The average Bonchev–Trinajstić information content (AvgIpc) is 2.05. The third-order valence-corrected chi connectivity index (χ3v) is 2.66. The number of benzene rings is 1. The Kier molecular flexibility index (Phi) is 3.52. The van der Waals surface area contributed by atoms with E-state index in [4.69, 9.17) is 0 Å². The van der Waals surface area contributed by atoms with Crippen LogP contribution in [0.25, 0.3) is 0 Å². The summed E-state index contributed by atoms with van der Waals surface area (Å²) in [5, 5.41) is 1.34. The molecule has 60 valence electrons. The second-order valence-electron chi connectivity index (χ2n) is 2.19. The van der Waals surface area contributed by atoms with Crippen LogP contribution < -0.4 is 0 Å². The van der Waals surface area contributed by atoms with Crippen LogP contribution >= 0.6 is 31.9 Å². The van der Waals surface area contributed by atoms with Crippen LogP contribution in [0.3, 0.4) is 0 Å². The smallest absolute Gasteiger partial charge is 0.127 e. The molecule has 1 aromatic carbocycles. The molecule has 1 aromatic rings. The van der Waals surface area contributed by atoms with Gasteiger partial charge in [0.05, 0.1) is 0 Å². The summed E-state index contributed by atoms with van der Waals surface area (Å²) in [5.74, 6) is -0.147. The average molecular weight is 282 g/mol. The van der Waals surface area contributed by atoms with E-state index in [1.165, 1.54) is 6.07 Å². The summed E-state index contributed by atoms with van der Waals surface area (Å²) in [5.41, 5.74) is 1.81. The fourth-order valence-corrected chi connectivity index (χ4v) is 1.59. The van der Waals surface area contributed by atoms with Gasteiger partial charge in [-0.1, -0.05) is 44.0 Å². The Balaban J connectivity index is 3.02. The lowest BCUT2D eigenvalue weighted by Gasteiger charge is -2.00. The molecule has 0 aromatic heterocycles. The molecule has 0 amide bonds. The highest BCUT2D eigenvalue weighted by atomic mass is 79.9. The normalized spacial score (nSPS) is 10.1. The molecule has 0 nitrogen and oxygen atoms in total. The van der Waals surface area contributed by atoms with Gasteiger partial charge in [-0.15, -0.1) is 0 Å². The summed E-state index contributed by atoms with van der Waals surface area (Å²) in [6, 6.07) is 5.11. The van der Waals surface area contributed by atoms with Gasteiger partial charge in [0.2, 0.25) is 0 Å². The molecule has 0 aliphatic carbocycles. The van der Waals surface area contributed by atoms with Gasteiger partial charge in [0.1, 0.15) is 5.82 Å². The van der Waals surface area contributed by atoms with E-state index >= 15 is 0 Å². The van der Waals surface area contributed by atoms with Gasteiger partial charge in [0.15, 0.2) is 0 Å². The van der Waals surface area contributed by atoms with Crippen molar-refractivity contribution in [1.82, 2.24) is 0 Å². The van der Waals surface area contributed by atoms with E-state index in [0.29, 0.717) is 10.9 Å². The van der Waals surface area contributed by atoms with Crippen molar-refractivity contribution in [3.63, 3.8) is 0 Å². The van der Waals surface area contributed by atoms with E-state index in [2.05, 4.69) is 31.9 Å². The molecule has 0 heterocycles. The number of alkyl halides is 2. The van der Waals surface area contributed by atoms with Crippen molar-refractivity contribution in [2.75, 3.05) is 0 Å². The molecule has 0 saturated carbocycles. The fourth-order valence-electron chi connectivity index (χ4n) is 0.814. The molecule has 0 atom stereocenters. The van der Waals surface area contributed by atoms with Gasteiger partial charge in [-0.05, 0) is 17.2 Å². The van der Waals surface area contributed by atoms with Crippen molar-refractivity contribution in [2.45, 2.75) is 10.7 Å². The molecule has 0 saturated heterocycles. The molecular formula is C8H7Br2F. The molecule has 0 aliphatic heterocycles. The molecule has 0 bridgehead atoms. The largest absolute Gasteiger partial charge is 0.207 e. The van der Waals surface area contributed by atoms with E-state index < -0.39 is 0 Å². The number of rotatable bonds is 2. The lowest BCUT2D eigenvalue weighted by atomic mass is 10.1. The van der Waals surface area contributed by atoms with Gasteiger partial charge in [-0.25, -0.2) is 4.39 Å². The van der Waals surface area contributed by atoms with Crippen molar-refractivity contribution in [3.05, 3.63) is 35.1 Å². The summed E-state index contributed by atoms with van der Waals surface area (Å²) < 4.78 is 12.9. The van der Waals surface area contributed by atoms with Crippen LogP contribution in [-0.2, 0) is 10.7 Å². The minimum atomic E-state index is -0.147. The predicted octanol–water partition coefficient (Wildman–Crippen LogP) is 3.62. The van der Waals surface area contributed by atoms with Gasteiger partial charge in [0, 0.05) is 10.7 Å². The summed E-state index contributed by atoms with van der Waals surface area (Å²) >= 11 is 6.52. The second kappa shape index (κ2) is 4.21. The first kappa shape index (κ1) is 9.20. The molecule has 0 aliphatic rings. The number of hydrogen-bond donors (Lipinski definition) is 0. The van der Waals surface area contributed by atoms with Crippen LogP contribution in [0.4, 0.5) is 4.39 Å². The fraction of sp³-hybridized carbons (Fsp3) is 0.250. The molecule has 0 radical (unpaired) electrons. The second-order valence-corrected chi connectivity index (χ2v) is 3.31. The zero-order valence-corrected chi connectivity index (χ0v) is 8.95. The maximum absolute atomic E-state index is 12.9. The quantitative estimate of drug-likeness (QED) is 0.727. The van der Waals surface area contributed by atoms with Gasteiger partial charge in [0.25, 0.3) is 0 Å². The van der Waals surface area contributed by atoms with Crippen LogP contribution in [0.5, 0.6) is 0 Å². The van der Waals surface area contributed by atoms with Crippen LogP contribution in [-0.4, -0.2) is 0 Å². The Morgan fingerprint density at radius 1 is 1.18 bits per heavy atom. The monoisotopic (exact) mass is 280 g/mol. The van der Waals surface area contributed by atoms with Gasteiger partial charge in [-0.2, -0.15) is 0 Å². The highest BCUT2D eigenvalue weighted by Gasteiger charge is 2.00. The first-order valence-electron chi connectivity index (χ1n) is 3.17. The van der Waals surface area contributed by atoms with E-state index in [1.807, 2.05) is 6.07 Å². The van der Waals surface area contributed by atoms with Crippen molar-refractivity contribution < 1.29 is 4.39 Å². The zero-order chi connectivity index (χ0) is 8.27. The summed E-state index contributed by atoms with van der Waals surface area (Å²) in [6.07, 6.45) is 0. The van der Waals surface area contributed by atoms with Crippen molar-refractivity contribution in [3.8, 4) is 0 Å². The summed E-state index contributed by atoms with van der Waals surface area (Å²) in [4.78, 5) is 0. The topological polar surface area (TPSA) is 0 Å². The predicted molar refractivity (Wildman–Crippen MR) is 51.7 cm³/mol. The lowest BCUT2D eigenvalue weighted by Crippen LogP contribution is -1.87. The van der Waals surface area contributed by atoms with Crippen molar-refractivity contribution in [1.29, 1.82) is 0 Å². The Morgan fingerprint density at radius 3 is 2.45 bits per heavy atom. The van der Waals surface area contributed by atoms with Crippen LogP contribution in [0.1, 0.15) is 11.1 Å². The van der Waals surface area contributed by atoms with E-state index in [1.54, 1.807) is 6.07 Å². The number of halogens is 3. The lowest BCUT2D eigenvalue weighted by molar-refractivity contribution is 0.617. The van der Waals surface area contributed by atoms with E-state index in [0.717, 1.165) is 10.9 Å². The van der Waals surface area contributed by atoms with Crippen molar-refractivity contribution in [2.24, 2.45) is 0 Å². The van der Waals surface area contributed by atoms with Crippen molar-refractivity contribution >= 4 is 31.9 Å². The minimum absolute atomic E-state index is 0.147. The highest BCUT2D eigenvalue weighted by Crippen LogP contribution is 2.15. The Labute approximate surface area is 82.1 Å². The van der Waals surface area contributed by atoms with Crippen LogP contribution in [0, 0.1) is 5.82 Å². The van der Waals surface area contributed by atoms with Gasteiger partial charge >= 0.3 is 0 Å². The van der Waals surface area contributed by atoms with Gasteiger partial charge < -0.3 is 0 Å². The maximum Gasteiger partial charge on any atom is 0.127 e. The molecule has 0 spiro atoms. The Hall–Kier alpha value is 0.110. The third-order valence-electron chi connectivity index (χ3n) is 1.41. The minimum Gasteiger partial charge on any atom is -0.207 e. The Bertz CT molecular complexity index is 248. The molecule has 0 unspecified atom stereocenters. The molecule has 11 heavy (non-hydrogen) atoms. The first-order valence-corrected chi connectivity index (χ1v) is 5.41. The standard InChI is InChI=1S/C8H7Br2F/c9-4-6-1-2-8(11)7(3-6)5-10/h1-3H,4-5H2. The van der Waals surface area contributed by atoms with Gasteiger partial charge in [-0.3, -0.25) is 0 Å². The summed E-state index contributed by atoms with van der Waals surface area (Å²) in [6.45, 7) is 0. The SMILES string of the molecule is Fc1ccc(CBr)cc1CBr. The molecule has 0 N–H and O–H groups in total. The van der Waals surface area contributed by atoms with E-state index in [-0.39, 0.29) is 5.82 Å². The van der Waals surface area contributed by atoms with Crippen LogP contribution in [0.15, 0.2) is 18.2 Å². The molecular weight excluding hydrogens is 275 g/mol. The third kappa shape index (κ3) is 2.27. The maximum atomic E-state index is 12.9. The molecule has 0 fully saturated rings. The number of hydrogen-bond acceptors (Lipinski definition) is 0. The highest BCUT2D eigenvalue weighted by molar-refractivity contribution is 9.08. The summed E-state index contributed by atoms with van der Waals surface area (Å²) in [7, 11) is 0.